The Balaban J connectivity index is 1.92. The van der Waals surface area contributed by atoms with E-state index in [9.17, 15) is 4.79 Å². The zero-order chi connectivity index (χ0) is 19.6. The lowest BCUT2D eigenvalue weighted by Crippen LogP contribution is -2.27. The van der Waals surface area contributed by atoms with Crippen LogP contribution in [-0.4, -0.2) is 42.6 Å². The third kappa shape index (κ3) is 3.85. The van der Waals surface area contributed by atoms with Gasteiger partial charge >= 0.3 is 0 Å². The molecule has 6 heteroatoms. The third-order valence-corrected chi connectivity index (χ3v) is 5.87. The summed E-state index contributed by atoms with van der Waals surface area (Å²) in [5, 5.41) is 8.81. The first-order chi connectivity index (χ1) is 12.9. The van der Waals surface area contributed by atoms with Crippen molar-refractivity contribution in [2.75, 3.05) is 25.5 Å². The highest BCUT2D eigenvalue weighted by atomic mass is 32.1. The summed E-state index contributed by atoms with van der Waals surface area (Å²) in [6, 6.07) is 1.97. The predicted octanol–water partition coefficient (Wildman–Crippen LogP) is 4.55. The molecule has 0 aliphatic heterocycles. The molecule has 1 aliphatic carbocycles. The number of carbonyl (C=O) groups excluding carboxylic acids is 1. The fourth-order valence-electron chi connectivity index (χ4n) is 3.17. The highest BCUT2D eigenvalue weighted by Crippen LogP contribution is 2.35. The number of carbonyl (C=O) groups is 1. The van der Waals surface area contributed by atoms with Crippen molar-refractivity contribution < 1.29 is 4.79 Å². The smallest absolute Gasteiger partial charge is 0.192 e. The van der Waals surface area contributed by atoms with Gasteiger partial charge in [0.1, 0.15) is 4.83 Å². The Bertz CT molecular complexity index is 981. The predicted molar refractivity (Wildman–Crippen MR) is 114 cm³/mol. The fourth-order valence-corrected chi connectivity index (χ4v) is 4.27. The molecule has 5 nitrogen and oxygen atoms in total. The van der Waals surface area contributed by atoms with Crippen LogP contribution >= 0.6 is 11.3 Å². The molecule has 0 spiro atoms. The molecular weight excluding hydrogens is 356 g/mol. The number of nitrogens with zero attached hydrogens (tertiary/aromatic N) is 3. The fraction of sp³-hybridized carbons (Fsp3) is 0.286. The topological polar surface area (TPSA) is 60.3 Å². The van der Waals surface area contributed by atoms with E-state index in [4.69, 9.17) is 5.41 Å². The molecule has 0 unspecified atom stereocenters. The van der Waals surface area contributed by atoms with E-state index in [2.05, 4.69) is 17.1 Å². The largest absolute Gasteiger partial charge is 0.377 e. The van der Waals surface area contributed by atoms with Crippen molar-refractivity contribution >= 4 is 39.4 Å². The average Bonchev–Trinajstić information content (AvgIpc) is 2.84. The number of fused-ring (bicyclic) bond motifs is 1. The molecule has 140 valence electrons. The lowest BCUT2D eigenvalue weighted by Gasteiger charge is -2.20. The molecule has 0 radical (unpaired) electrons. The first-order valence-corrected chi connectivity index (χ1v) is 9.64. The van der Waals surface area contributed by atoms with E-state index in [0.29, 0.717) is 6.42 Å². The molecule has 3 rings (SSSR count). The van der Waals surface area contributed by atoms with Crippen LogP contribution in [0.4, 0.5) is 5.69 Å². The number of aryl methyl sites for hydroxylation is 1. The number of aromatic nitrogens is 1. The van der Waals surface area contributed by atoms with Crippen molar-refractivity contribution in [3.63, 3.8) is 0 Å². The van der Waals surface area contributed by atoms with Crippen molar-refractivity contribution in [2.24, 2.45) is 0 Å². The summed E-state index contributed by atoms with van der Waals surface area (Å²) in [5.74, 6) is 0.0125. The lowest BCUT2D eigenvalue weighted by atomic mass is 10.1. The molecular formula is C21H24N4OS. The maximum Gasteiger partial charge on any atom is 0.192 e. The molecule has 0 bridgehead atoms. The summed E-state index contributed by atoms with van der Waals surface area (Å²) in [4.78, 5) is 22.8. The Hall–Kier alpha value is -2.73. The molecule has 1 N–H and O–H groups in total. The Kier molecular flexibility index (Phi) is 5.56. The number of thiophene rings is 1. The van der Waals surface area contributed by atoms with Gasteiger partial charge in [-0.05, 0) is 31.6 Å². The SMILES string of the molecule is CC1=CC=C(N(C=N)CC(=O)c2sc3nccc(N(C)C)c3c2C)CC=C1. The van der Waals surface area contributed by atoms with Gasteiger partial charge in [-0.1, -0.05) is 23.8 Å². The van der Waals surface area contributed by atoms with Gasteiger partial charge < -0.3 is 9.80 Å². The second-order valence-corrected chi connectivity index (χ2v) is 7.82. The van der Waals surface area contributed by atoms with Gasteiger partial charge in [0.2, 0.25) is 0 Å². The lowest BCUT2D eigenvalue weighted by molar-refractivity contribution is 0.0976. The molecule has 2 heterocycles. The van der Waals surface area contributed by atoms with Crippen LogP contribution in [-0.2, 0) is 0 Å². The molecule has 2 aromatic rings. The number of ketones is 1. The Morgan fingerprint density at radius 2 is 2.11 bits per heavy atom. The molecule has 0 atom stereocenters. The standard InChI is InChI=1S/C21H24N4OS/c1-14-6-5-7-16(9-8-14)25(13-22)12-18(26)20-15(2)19-17(24(3)4)10-11-23-21(19)27-20/h5-6,8-11,13,22H,7,12H2,1-4H3. The van der Waals surface area contributed by atoms with Gasteiger partial charge in [0.25, 0.3) is 0 Å². The summed E-state index contributed by atoms with van der Waals surface area (Å²) >= 11 is 1.43. The quantitative estimate of drug-likeness (QED) is 0.454. The molecule has 0 saturated carbocycles. The van der Waals surface area contributed by atoms with E-state index in [1.807, 2.05) is 51.1 Å². The monoisotopic (exact) mass is 380 g/mol. The summed E-state index contributed by atoms with van der Waals surface area (Å²) in [6.45, 7) is 4.17. The molecule has 27 heavy (non-hydrogen) atoms. The molecule has 0 amide bonds. The maximum atomic E-state index is 13.0. The van der Waals surface area contributed by atoms with Crippen LogP contribution in [0.2, 0.25) is 0 Å². The van der Waals surface area contributed by atoms with E-state index in [1.165, 1.54) is 17.7 Å². The Labute approximate surface area is 163 Å². The van der Waals surface area contributed by atoms with Crippen LogP contribution in [0.1, 0.15) is 28.6 Å². The maximum absolute atomic E-state index is 13.0. The normalized spacial score (nSPS) is 13.8. The molecule has 1 aliphatic rings. The van der Waals surface area contributed by atoms with Crippen LogP contribution in [0.25, 0.3) is 10.2 Å². The van der Waals surface area contributed by atoms with Crippen LogP contribution in [0.3, 0.4) is 0 Å². The van der Waals surface area contributed by atoms with E-state index in [1.54, 1.807) is 11.1 Å². The summed E-state index contributed by atoms with van der Waals surface area (Å²) < 4.78 is 0. The van der Waals surface area contributed by atoms with Gasteiger partial charge in [-0.2, -0.15) is 0 Å². The van der Waals surface area contributed by atoms with Crippen molar-refractivity contribution in [3.05, 3.63) is 58.3 Å². The highest BCUT2D eigenvalue weighted by Gasteiger charge is 2.21. The average molecular weight is 381 g/mol. The minimum absolute atomic E-state index is 0.0125. The van der Waals surface area contributed by atoms with Gasteiger partial charge in [-0.15, -0.1) is 11.3 Å². The van der Waals surface area contributed by atoms with E-state index < -0.39 is 0 Å². The first-order valence-electron chi connectivity index (χ1n) is 8.82. The number of Topliss-reactive ketones (excluding diaryl/α,β-unsaturated/α-hetero) is 1. The number of hydrogen-bond acceptors (Lipinski definition) is 5. The summed E-state index contributed by atoms with van der Waals surface area (Å²) in [5.41, 5.74) is 4.13. The Morgan fingerprint density at radius 3 is 2.81 bits per heavy atom. The van der Waals surface area contributed by atoms with E-state index in [0.717, 1.165) is 37.6 Å². The van der Waals surface area contributed by atoms with Crippen molar-refractivity contribution in [2.45, 2.75) is 20.3 Å². The summed E-state index contributed by atoms with van der Waals surface area (Å²) in [6.07, 6.45) is 11.8. The van der Waals surface area contributed by atoms with Crippen LogP contribution in [0, 0.1) is 12.3 Å². The minimum Gasteiger partial charge on any atom is -0.377 e. The first kappa shape index (κ1) is 19.0. The van der Waals surface area contributed by atoms with Crippen LogP contribution < -0.4 is 4.90 Å². The highest BCUT2D eigenvalue weighted by molar-refractivity contribution is 7.20. The number of allylic oxidation sites excluding steroid dienone is 5. The summed E-state index contributed by atoms with van der Waals surface area (Å²) in [7, 11) is 3.98. The van der Waals surface area contributed by atoms with Crippen molar-refractivity contribution in [1.29, 1.82) is 5.41 Å². The van der Waals surface area contributed by atoms with Gasteiger partial charge in [0.05, 0.1) is 17.8 Å². The zero-order valence-electron chi connectivity index (χ0n) is 16.1. The molecule has 0 fully saturated rings. The van der Waals surface area contributed by atoms with Gasteiger partial charge in [0.15, 0.2) is 5.78 Å². The van der Waals surface area contributed by atoms with Crippen molar-refractivity contribution in [1.82, 2.24) is 9.88 Å². The Morgan fingerprint density at radius 1 is 1.33 bits per heavy atom. The number of hydrogen-bond donors (Lipinski definition) is 1. The van der Waals surface area contributed by atoms with E-state index in [-0.39, 0.29) is 12.3 Å². The van der Waals surface area contributed by atoms with Crippen LogP contribution in [0.5, 0.6) is 0 Å². The number of rotatable bonds is 6. The molecule has 0 aromatic carbocycles. The van der Waals surface area contributed by atoms with Gasteiger partial charge in [-0.25, -0.2) is 4.98 Å². The number of nitrogens with one attached hydrogen (secondary N) is 1. The zero-order valence-corrected chi connectivity index (χ0v) is 16.9. The van der Waals surface area contributed by atoms with Crippen molar-refractivity contribution in [3.8, 4) is 0 Å². The second-order valence-electron chi connectivity index (χ2n) is 6.82. The minimum atomic E-state index is 0.0125. The third-order valence-electron chi connectivity index (χ3n) is 4.63. The van der Waals surface area contributed by atoms with Crippen LogP contribution in [0.15, 0.2) is 47.8 Å². The van der Waals surface area contributed by atoms with E-state index >= 15 is 0 Å². The van der Waals surface area contributed by atoms with Gasteiger partial charge in [-0.3, -0.25) is 10.2 Å². The number of pyridine rings is 1. The molecule has 2 aromatic heterocycles. The second kappa shape index (κ2) is 7.88. The number of anilines is 1. The van der Waals surface area contributed by atoms with Gasteiger partial charge in [0, 0.05) is 43.5 Å². The molecule has 0 saturated heterocycles.